The van der Waals surface area contributed by atoms with Crippen molar-refractivity contribution < 1.29 is 9.13 Å². The molecule has 0 aliphatic carbocycles. The smallest absolute Gasteiger partial charge is 0.323 e. The number of nitrogens with zero attached hydrogens (tertiary/aromatic N) is 3. The molecule has 0 bridgehead atoms. The normalized spacial score (nSPS) is 9.40. The number of ether oxygens (including phenoxy) is 1. The second kappa shape index (κ2) is 2.42. The zero-order chi connectivity index (χ0) is 7.56. The van der Waals surface area contributed by atoms with Crippen LogP contribution < -0.4 is 10.5 Å². The van der Waals surface area contributed by atoms with Gasteiger partial charge in [0.2, 0.25) is 5.95 Å². The van der Waals surface area contributed by atoms with Crippen molar-refractivity contribution in [3.63, 3.8) is 0 Å². The van der Waals surface area contributed by atoms with Crippen molar-refractivity contribution in [2.45, 2.75) is 0 Å². The Kier molecular flexibility index (Phi) is 1.61. The lowest BCUT2D eigenvalue weighted by molar-refractivity contribution is 0.364. The Labute approximate surface area is 56.1 Å². The molecule has 1 aromatic rings. The first kappa shape index (κ1) is 6.66. The van der Waals surface area contributed by atoms with E-state index in [4.69, 9.17) is 5.73 Å². The summed E-state index contributed by atoms with van der Waals surface area (Å²) in [5.41, 5.74) is 5.05. The lowest BCUT2D eigenvalue weighted by atomic mass is 10.9. The highest BCUT2D eigenvalue weighted by Gasteiger charge is 2.00. The zero-order valence-electron chi connectivity index (χ0n) is 5.21. The zero-order valence-corrected chi connectivity index (χ0v) is 5.21. The summed E-state index contributed by atoms with van der Waals surface area (Å²) >= 11 is 0. The van der Waals surface area contributed by atoms with Gasteiger partial charge in [-0.3, -0.25) is 0 Å². The van der Waals surface area contributed by atoms with Crippen molar-refractivity contribution >= 4 is 5.95 Å². The maximum atomic E-state index is 12.2. The molecule has 6 heteroatoms. The summed E-state index contributed by atoms with van der Waals surface area (Å²) in [7, 11) is 1.31. The van der Waals surface area contributed by atoms with Crippen LogP contribution in [0.2, 0.25) is 0 Å². The maximum absolute atomic E-state index is 12.2. The van der Waals surface area contributed by atoms with E-state index in [9.17, 15) is 4.39 Å². The Bertz CT molecular complexity index is 220. The first-order chi connectivity index (χ1) is 4.72. The molecule has 0 unspecified atom stereocenters. The third kappa shape index (κ3) is 1.28. The van der Waals surface area contributed by atoms with Gasteiger partial charge in [0.05, 0.1) is 7.11 Å². The molecule has 0 spiro atoms. The molecule has 0 aromatic carbocycles. The van der Waals surface area contributed by atoms with E-state index in [1.807, 2.05) is 0 Å². The molecule has 5 nitrogen and oxygen atoms in total. The molecule has 0 atom stereocenters. The van der Waals surface area contributed by atoms with E-state index in [0.29, 0.717) is 0 Å². The highest BCUT2D eigenvalue weighted by molar-refractivity contribution is 5.14. The van der Waals surface area contributed by atoms with Crippen molar-refractivity contribution in [1.29, 1.82) is 0 Å². The minimum atomic E-state index is -0.940. The van der Waals surface area contributed by atoms with Gasteiger partial charge < -0.3 is 10.5 Å². The number of methoxy groups -OCH3 is 1. The summed E-state index contributed by atoms with van der Waals surface area (Å²) in [6, 6.07) is -0.120. The van der Waals surface area contributed by atoms with E-state index in [1.165, 1.54) is 7.11 Å². The van der Waals surface area contributed by atoms with E-state index < -0.39 is 6.08 Å². The molecule has 54 valence electrons. The topological polar surface area (TPSA) is 73.9 Å². The van der Waals surface area contributed by atoms with Crippen molar-refractivity contribution in [3.8, 4) is 6.01 Å². The van der Waals surface area contributed by atoms with Crippen LogP contribution in [-0.2, 0) is 0 Å². The second-order valence-corrected chi connectivity index (χ2v) is 1.45. The molecule has 0 amide bonds. The van der Waals surface area contributed by atoms with Crippen molar-refractivity contribution in [1.82, 2.24) is 15.0 Å². The number of anilines is 1. The summed E-state index contributed by atoms with van der Waals surface area (Å²) in [6.45, 7) is 0. The van der Waals surface area contributed by atoms with Gasteiger partial charge >= 0.3 is 12.1 Å². The van der Waals surface area contributed by atoms with Crippen LogP contribution in [0.25, 0.3) is 0 Å². The van der Waals surface area contributed by atoms with Crippen LogP contribution in [0.5, 0.6) is 6.01 Å². The lowest BCUT2D eigenvalue weighted by Crippen LogP contribution is -2.02. The molecule has 0 aliphatic rings. The number of rotatable bonds is 1. The van der Waals surface area contributed by atoms with E-state index in [1.54, 1.807) is 0 Å². The fourth-order valence-corrected chi connectivity index (χ4v) is 0.438. The van der Waals surface area contributed by atoms with E-state index in [0.717, 1.165) is 0 Å². The Balaban J connectivity index is 3.06. The van der Waals surface area contributed by atoms with Crippen LogP contribution in [0, 0.1) is 6.08 Å². The van der Waals surface area contributed by atoms with Crippen molar-refractivity contribution in [3.05, 3.63) is 6.08 Å². The standard InChI is InChI=1S/C4H5FN4O/c1-10-4-8-2(5)7-3(6)9-4/h1H3,(H2,6,7,8,9). The maximum Gasteiger partial charge on any atom is 0.323 e. The van der Waals surface area contributed by atoms with Gasteiger partial charge in [0, 0.05) is 0 Å². The molecule has 0 saturated carbocycles. The van der Waals surface area contributed by atoms with Crippen LogP contribution >= 0.6 is 0 Å². The second-order valence-electron chi connectivity index (χ2n) is 1.45. The minimum absolute atomic E-state index is 0.120. The Morgan fingerprint density at radius 1 is 1.40 bits per heavy atom. The summed E-state index contributed by atoms with van der Waals surface area (Å²) in [5.74, 6) is -0.190. The van der Waals surface area contributed by atoms with E-state index in [2.05, 4.69) is 19.7 Å². The van der Waals surface area contributed by atoms with Gasteiger partial charge in [-0.1, -0.05) is 0 Å². The number of halogens is 1. The third-order valence-electron chi connectivity index (χ3n) is 0.787. The first-order valence-corrected chi connectivity index (χ1v) is 2.43. The predicted octanol–water partition coefficient (Wildman–Crippen LogP) is -0.399. The van der Waals surface area contributed by atoms with E-state index in [-0.39, 0.29) is 12.0 Å². The van der Waals surface area contributed by atoms with Gasteiger partial charge in [0.15, 0.2) is 0 Å². The average molecular weight is 144 g/mol. The molecular weight excluding hydrogens is 139 g/mol. The molecule has 2 N–H and O–H groups in total. The Morgan fingerprint density at radius 3 is 2.60 bits per heavy atom. The number of hydrogen-bond acceptors (Lipinski definition) is 5. The number of nitrogens with two attached hydrogens (primary N) is 1. The molecule has 1 aromatic heterocycles. The van der Waals surface area contributed by atoms with Gasteiger partial charge in [-0.25, -0.2) is 0 Å². The molecule has 0 radical (unpaired) electrons. The molecule has 1 heterocycles. The third-order valence-corrected chi connectivity index (χ3v) is 0.787. The minimum Gasteiger partial charge on any atom is -0.467 e. The summed E-state index contributed by atoms with van der Waals surface area (Å²) in [5, 5.41) is 0. The van der Waals surface area contributed by atoms with Crippen molar-refractivity contribution in [2.75, 3.05) is 12.8 Å². The lowest BCUT2D eigenvalue weighted by Gasteiger charge is -1.95. The highest BCUT2D eigenvalue weighted by Crippen LogP contribution is 2.01. The van der Waals surface area contributed by atoms with Crippen LogP contribution in [0.3, 0.4) is 0 Å². The molecule has 0 saturated heterocycles. The monoisotopic (exact) mass is 144 g/mol. The molecule has 0 aliphatic heterocycles. The fourth-order valence-electron chi connectivity index (χ4n) is 0.438. The largest absolute Gasteiger partial charge is 0.467 e. The summed E-state index contributed by atoms with van der Waals surface area (Å²) in [4.78, 5) is 9.70. The average Bonchev–Trinajstić information content (AvgIpc) is 1.85. The fraction of sp³-hybridized carbons (Fsp3) is 0.250. The Morgan fingerprint density at radius 2 is 2.10 bits per heavy atom. The highest BCUT2D eigenvalue weighted by atomic mass is 19.1. The number of aromatic nitrogens is 3. The van der Waals surface area contributed by atoms with Crippen LogP contribution in [0.1, 0.15) is 0 Å². The van der Waals surface area contributed by atoms with Gasteiger partial charge in [-0.2, -0.15) is 14.4 Å². The van der Waals surface area contributed by atoms with Gasteiger partial charge in [0.1, 0.15) is 0 Å². The number of hydrogen-bond donors (Lipinski definition) is 1. The SMILES string of the molecule is COc1nc(N)nc(F)n1. The van der Waals surface area contributed by atoms with Gasteiger partial charge in [-0.05, 0) is 0 Å². The number of nitrogen functional groups attached to an aromatic ring is 1. The molecule has 1 rings (SSSR count). The predicted molar refractivity (Wildman–Crippen MR) is 30.7 cm³/mol. The summed E-state index contributed by atoms with van der Waals surface area (Å²) < 4.78 is 16.7. The Hall–Kier alpha value is -1.46. The van der Waals surface area contributed by atoms with Gasteiger partial charge in [-0.15, -0.1) is 4.98 Å². The molecule has 0 fully saturated rings. The molecule has 10 heavy (non-hydrogen) atoms. The molecular formula is C4H5FN4O. The quantitative estimate of drug-likeness (QED) is 0.580. The first-order valence-electron chi connectivity index (χ1n) is 2.43. The van der Waals surface area contributed by atoms with Gasteiger partial charge in [0.25, 0.3) is 0 Å². The van der Waals surface area contributed by atoms with Crippen LogP contribution in [0.4, 0.5) is 10.3 Å². The van der Waals surface area contributed by atoms with Crippen molar-refractivity contribution in [2.24, 2.45) is 0 Å². The van der Waals surface area contributed by atoms with E-state index >= 15 is 0 Å². The van der Waals surface area contributed by atoms with Crippen LogP contribution in [0.15, 0.2) is 0 Å². The van der Waals surface area contributed by atoms with Crippen LogP contribution in [-0.4, -0.2) is 22.1 Å². The summed E-state index contributed by atoms with van der Waals surface area (Å²) in [6.07, 6.45) is -0.940.